The van der Waals surface area contributed by atoms with Crippen molar-refractivity contribution in [2.24, 2.45) is 0 Å². The van der Waals surface area contributed by atoms with Crippen molar-refractivity contribution in [3.63, 3.8) is 0 Å². The van der Waals surface area contributed by atoms with Gasteiger partial charge in [-0.2, -0.15) is 0 Å². The van der Waals surface area contributed by atoms with Crippen LogP contribution in [-0.4, -0.2) is 20.6 Å². The van der Waals surface area contributed by atoms with Crippen LogP contribution in [0.2, 0.25) is 5.02 Å². The second kappa shape index (κ2) is 8.93. The standard InChI is InChI=1S/C27H21ClN2O2S/c1-18-7-2-3-9-20(18)17-30-26(31)25(33-27(30)32)14-21-16-29(24-12-5-4-11-23(21)24)15-19-8-6-10-22(28)13-19/h2-14,16H,15,17H2,1H3/b25-14-. The van der Waals surface area contributed by atoms with Gasteiger partial charge in [-0.05, 0) is 59.7 Å². The van der Waals surface area contributed by atoms with Gasteiger partial charge in [-0.3, -0.25) is 14.5 Å². The number of imide groups is 1. The largest absolute Gasteiger partial charge is 0.342 e. The van der Waals surface area contributed by atoms with Crippen LogP contribution in [0.25, 0.3) is 17.0 Å². The highest BCUT2D eigenvalue weighted by Crippen LogP contribution is 2.35. The lowest BCUT2D eigenvalue weighted by atomic mass is 10.1. The summed E-state index contributed by atoms with van der Waals surface area (Å²) in [5, 5.41) is 1.49. The number of hydrogen-bond acceptors (Lipinski definition) is 3. The van der Waals surface area contributed by atoms with Gasteiger partial charge >= 0.3 is 0 Å². The molecular weight excluding hydrogens is 452 g/mol. The summed E-state index contributed by atoms with van der Waals surface area (Å²) in [6.45, 7) is 2.92. The highest BCUT2D eigenvalue weighted by molar-refractivity contribution is 8.18. The summed E-state index contributed by atoms with van der Waals surface area (Å²) in [7, 11) is 0. The first-order chi connectivity index (χ1) is 16.0. The zero-order valence-corrected chi connectivity index (χ0v) is 19.6. The van der Waals surface area contributed by atoms with Gasteiger partial charge in [0.05, 0.1) is 11.4 Å². The molecule has 4 aromatic rings. The zero-order chi connectivity index (χ0) is 22.9. The number of carbonyl (C=O) groups is 2. The molecular formula is C27H21ClN2O2S. The van der Waals surface area contributed by atoms with Crippen molar-refractivity contribution in [1.82, 2.24) is 9.47 Å². The van der Waals surface area contributed by atoms with E-state index in [1.54, 1.807) is 0 Å². The Morgan fingerprint density at radius 1 is 0.939 bits per heavy atom. The molecule has 1 aromatic heterocycles. The fourth-order valence-electron chi connectivity index (χ4n) is 4.09. The van der Waals surface area contributed by atoms with Crippen LogP contribution >= 0.6 is 23.4 Å². The molecule has 0 radical (unpaired) electrons. The van der Waals surface area contributed by atoms with Crippen LogP contribution < -0.4 is 0 Å². The Morgan fingerprint density at radius 2 is 1.73 bits per heavy atom. The SMILES string of the molecule is Cc1ccccc1CN1C(=O)S/C(=C\c2cn(Cc3cccc(Cl)c3)c3ccccc23)C1=O. The molecule has 0 N–H and O–H groups in total. The lowest BCUT2D eigenvalue weighted by Crippen LogP contribution is -2.27. The van der Waals surface area contributed by atoms with Crippen molar-refractivity contribution in [2.75, 3.05) is 0 Å². The Hall–Kier alpha value is -3.28. The number of halogens is 1. The molecule has 1 fully saturated rings. The van der Waals surface area contributed by atoms with Gasteiger partial charge in [0.15, 0.2) is 0 Å². The van der Waals surface area contributed by atoms with Crippen molar-refractivity contribution in [3.8, 4) is 0 Å². The van der Waals surface area contributed by atoms with Crippen LogP contribution in [0.1, 0.15) is 22.3 Å². The van der Waals surface area contributed by atoms with Crippen molar-refractivity contribution < 1.29 is 9.59 Å². The number of hydrogen-bond donors (Lipinski definition) is 0. The predicted octanol–water partition coefficient (Wildman–Crippen LogP) is 6.89. The van der Waals surface area contributed by atoms with Crippen LogP contribution in [0.4, 0.5) is 4.79 Å². The fourth-order valence-corrected chi connectivity index (χ4v) is 5.13. The minimum absolute atomic E-state index is 0.239. The van der Waals surface area contributed by atoms with Crippen LogP contribution in [0.5, 0.6) is 0 Å². The Labute approximate surface area is 201 Å². The normalized spacial score (nSPS) is 15.2. The van der Waals surface area contributed by atoms with Gasteiger partial charge in [-0.25, -0.2) is 0 Å². The van der Waals surface area contributed by atoms with Crippen LogP contribution in [0.15, 0.2) is 83.9 Å². The Kier molecular flexibility index (Phi) is 5.83. The molecule has 1 aliphatic heterocycles. The number of rotatable bonds is 5. The molecule has 5 rings (SSSR count). The van der Waals surface area contributed by atoms with Gasteiger partial charge in [0.25, 0.3) is 11.1 Å². The first-order valence-corrected chi connectivity index (χ1v) is 11.8. The monoisotopic (exact) mass is 472 g/mol. The van der Waals surface area contributed by atoms with Gasteiger partial charge in [0, 0.05) is 34.2 Å². The van der Waals surface area contributed by atoms with E-state index >= 15 is 0 Å². The van der Waals surface area contributed by atoms with Crippen LogP contribution in [0.3, 0.4) is 0 Å². The minimum atomic E-state index is -0.250. The van der Waals surface area contributed by atoms with Crippen molar-refractivity contribution >= 4 is 51.5 Å². The molecule has 0 bridgehead atoms. The van der Waals surface area contributed by atoms with Gasteiger partial charge < -0.3 is 4.57 Å². The molecule has 0 aliphatic carbocycles. The van der Waals surface area contributed by atoms with Gasteiger partial charge in [-0.15, -0.1) is 0 Å². The Balaban J connectivity index is 1.47. The van der Waals surface area contributed by atoms with Crippen LogP contribution in [0, 0.1) is 6.92 Å². The third kappa shape index (κ3) is 4.34. The van der Waals surface area contributed by atoms with E-state index in [9.17, 15) is 9.59 Å². The summed E-state index contributed by atoms with van der Waals surface area (Å²) in [5.74, 6) is -0.250. The highest BCUT2D eigenvalue weighted by atomic mass is 35.5. The summed E-state index contributed by atoms with van der Waals surface area (Å²) in [5.41, 5.74) is 5.09. The second-order valence-electron chi connectivity index (χ2n) is 8.05. The number of thioether (sulfide) groups is 1. The van der Waals surface area contributed by atoms with Gasteiger partial charge in [0.2, 0.25) is 0 Å². The van der Waals surface area contributed by atoms with E-state index in [-0.39, 0.29) is 17.7 Å². The third-order valence-electron chi connectivity index (χ3n) is 5.81. The minimum Gasteiger partial charge on any atom is -0.342 e. The maximum atomic E-state index is 13.1. The molecule has 4 nitrogen and oxygen atoms in total. The second-order valence-corrected chi connectivity index (χ2v) is 9.48. The number of benzene rings is 3. The topological polar surface area (TPSA) is 42.3 Å². The number of aromatic nitrogens is 1. The molecule has 33 heavy (non-hydrogen) atoms. The van der Waals surface area contributed by atoms with Crippen molar-refractivity contribution in [2.45, 2.75) is 20.0 Å². The summed E-state index contributed by atoms with van der Waals surface area (Å²) in [4.78, 5) is 27.5. The number of amides is 2. The van der Waals surface area contributed by atoms with E-state index in [0.29, 0.717) is 16.5 Å². The quantitative estimate of drug-likeness (QED) is 0.297. The zero-order valence-electron chi connectivity index (χ0n) is 18.0. The molecule has 0 spiro atoms. The highest BCUT2D eigenvalue weighted by Gasteiger charge is 2.35. The third-order valence-corrected chi connectivity index (χ3v) is 6.95. The van der Waals surface area contributed by atoms with E-state index in [1.165, 1.54) is 4.90 Å². The van der Waals surface area contributed by atoms with Crippen LogP contribution in [-0.2, 0) is 17.9 Å². The molecule has 0 atom stereocenters. The van der Waals surface area contributed by atoms with Gasteiger partial charge in [-0.1, -0.05) is 66.2 Å². The molecule has 164 valence electrons. The first kappa shape index (κ1) is 21.6. The van der Waals surface area contributed by atoms with Crippen molar-refractivity contribution in [1.29, 1.82) is 0 Å². The maximum Gasteiger partial charge on any atom is 0.293 e. The molecule has 3 aromatic carbocycles. The number of para-hydroxylation sites is 1. The maximum absolute atomic E-state index is 13.1. The fraction of sp³-hybridized carbons (Fsp3) is 0.111. The number of aryl methyl sites for hydroxylation is 1. The summed E-state index contributed by atoms with van der Waals surface area (Å²) in [6.07, 6.45) is 3.86. The summed E-state index contributed by atoms with van der Waals surface area (Å²) >= 11 is 7.16. The number of fused-ring (bicyclic) bond motifs is 1. The number of carbonyl (C=O) groups excluding carboxylic acids is 2. The molecule has 0 unspecified atom stereocenters. The average molecular weight is 473 g/mol. The predicted molar refractivity (Wildman–Crippen MR) is 135 cm³/mol. The smallest absolute Gasteiger partial charge is 0.293 e. The van der Waals surface area contributed by atoms with E-state index in [0.717, 1.165) is 44.9 Å². The molecule has 1 saturated heterocycles. The Morgan fingerprint density at radius 3 is 2.55 bits per heavy atom. The molecule has 2 heterocycles. The lowest BCUT2D eigenvalue weighted by molar-refractivity contribution is -0.123. The number of nitrogens with zero attached hydrogens (tertiary/aromatic N) is 2. The lowest BCUT2D eigenvalue weighted by Gasteiger charge is -2.14. The van der Waals surface area contributed by atoms with Crippen molar-refractivity contribution in [3.05, 3.63) is 111 Å². The molecule has 1 aliphatic rings. The average Bonchev–Trinajstić information content (AvgIpc) is 3.27. The first-order valence-electron chi connectivity index (χ1n) is 10.6. The van der Waals surface area contributed by atoms with E-state index in [1.807, 2.05) is 85.9 Å². The molecule has 6 heteroatoms. The molecule has 0 saturated carbocycles. The van der Waals surface area contributed by atoms with E-state index in [4.69, 9.17) is 11.6 Å². The summed E-state index contributed by atoms with van der Waals surface area (Å²) < 4.78 is 2.14. The molecule has 2 amide bonds. The Bertz CT molecular complexity index is 1420. The van der Waals surface area contributed by atoms with E-state index < -0.39 is 0 Å². The van der Waals surface area contributed by atoms with Gasteiger partial charge in [0.1, 0.15) is 0 Å². The summed E-state index contributed by atoms with van der Waals surface area (Å²) in [6, 6.07) is 23.7. The van der Waals surface area contributed by atoms with E-state index in [2.05, 4.69) is 10.6 Å².